The SMILES string of the molecule is CC(Nc1nc(Cl)ccc1[N+](=O)[O-])c1cccs1. The lowest BCUT2D eigenvalue weighted by atomic mass is 10.2. The molecular weight excluding hydrogens is 274 g/mol. The van der Waals surface area contributed by atoms with Crippen LogP contribution in [0.4, 0.5) is 11.5 Å². The highest BCUT2D eigenvalue weighted by Gasteiger charge is 2.18. The van der Waals surface area contributed by atoms with Crippen molar-refractivity contribution >= 4 is 34.4 Å². The van der Waals surface area contributed by atoms with E-state index in [1.54, 1.807) is 11.3 Å². The Hall–Kier alpha value is -1.66. The van der Waals surface area contributed by atoms with Crippen molar-refractivity contribution in [2.24, 2.45) is 0 Å². The van der Waals surface area contributed by atoms with Crippen LogP contribution in [-0.2, 0) is 0 Å². The van der Waals surface area contributed by atoms with Crippen molar-refractivity contribution in [3.05, 3.63) is 49.8 Å². The summed E-state index contributed by atoms with van der Waals surface area (Å²) in [6.07, 6.45) is 0. The van der Waals surface area contributed by atoms with E-state index in [0.29, 0.717) is 0 Å². The topological polar surface area (TPSA) is 68.1 Å². The van der Waals surface area contributed by atoms with Crippen LogP contribution in [0.3, 0.4) is 0 Å². The molecule has 0 spiro atoms. The molecule has 0 radical (unpaired) electrons. The third kappa shape index (κ3) is 2.77. The molecule has 2 aromatic heterocycles. The number of rotatable bonds is 4. The molecule has 2 aromatic rings. The van der Waals surface area contributed by atoms with Gasteiger partial charge in [-0.15, -0.1) is 11.3 Å². The molecule has 0 saturated carbocycles. The molecule has 5 nitrogen and oxygen atoms in total. The summed E-state index contributed by atoms with van der Waals surface area (Å²) in [7, 11) is 0. The molecule has 0 amide bonds. The number of pyridine rings is 1. The largest absolute Gasteiger partial charge is 0.357 e. The number of nitro groups is 1. The van der Waals surface area contributed by atoms with E-state index in [4.69, 9.17) is 11.6 Å². The number of anilines is 1. The van der Waals surface area contributed by atoms with Gasteiger partial charge in [0.05, 0.1) is 11.0 Å². The van der Waals surface area contributed by atoms with Crippen LogP contribution in [0.2, 0.25) is 5.15 Å². The molecule has 0 aliphatic carbocycles. The lowest BCUT2D eigenvalue weighted by molar-refractivity contribution is -0.384. The van der Waals surface area contributed by atoms with E-state index < -0.39 is 4.92 Å². The van der Waals surface area contributed by atoms with E-state index in [2.05, 4.69) is 10.3 Å². The first kappa shape index (κ1) is 12.8. The number of thiophene rings is 1. The summed E-state index contributed by atoms with van der Waals surface area (Å²) >= 11 is 7.33. The van der Waals surface area contributed by atoms with E-state index in [0.717, 1.165) is 4.88 Å². The van der Waals surface area contributed by atoms with Crippen LogP contribution in [0.1, 0.15) is 17.8 Å². The Bertz CT molecular complexity index is 559. The predicted molar refractivity (Wildman–Crippen MR) is 72.3 cm³/mol. The molecule has 2 rings (SSSR count). The normalized spacial score (nSPS) is 12.1. The molecule has 2 heterocycles. The molecule has 1 N–H and O–H groups in total. The number of aromatic nitrogens is 1. The van der Waals surface area contributed by atoms with E-state index in [9.17, 15) is 10.1 Å². The van der Waals surface area contributed by atoms with Gasteiger partial charge in [-0.05, 0) is 24.4 Å². The van der Waals surface area contributed by atoms with E-state index >= 15 is 0 Å². The van der Waals surface area contributed by atoms with Gasteiger partial charge in [-0.25, -0.2) is 4.98 Å². The monoisotopic (exact) mass is 283 g/mol. The summed E-state index contributed by atoms with van der Waals surface area (Å²) in [4.78, 5) is 15.4. The Balaban J connectivity index is 2.28. The number of hydrogen-bond acceptors (Lipinski definition) is 5. The first-order valence-electron chi connectivity index (χ1n) is 5.19. The summed E-state index contributed by atoms with van der Waals surface area (Å²) in [5, 5.41) is 16.1. The maximum Gasteiger partial charge on any atom is 0.311 e. The smallest absolute Gasteiger partial charge is 0.311 e. The van der Waals surface area contributed by atoms with Crippen molar-refractivity contribution in [3.63, 3.8) is 0 Å². The van der Waals surface area contributed by atoms with Crippen molar-refractivity contribution in [1.29, 1.82) is 0 Å². The molecule has 0 fully saturated rings. The fourth-order valence-electron chi connectivity index (χ4n) is 1.50. The minimum atomic E-state index is -0.479. The highest BCUT2D eigenvalue weighted by Crippen LogP contribution is 2.29. The summed E-state index contributed by atoms with van der Waals surface area (Å²) < 4.78 is 0. The van der Waals surface area contributed by atoms with Crippen LogP contribution >= 0.6 is 22.9 Å². The average molecular weight is 284 g/mol. The fourth-order valence-corrected chi connectivity index (χ4v) is 2.38. The molecule has 0 bridgehead atoms. The van der Waals surface area contributed by atoms with Gasteiger partial charge in [-0.1, -0.05) is 17.7 Å². The standard InChI is InChI=1S/C11H10ClN3O2S/c1-7(9-3-2-6-18-9)13-11-8(15(16)17)4-5-10(12)14-11/h2-7H,1H3,(H,13,14). The van der Waals surface area contributed by atoms with Gasteiger partial charge in [0.1, 0.15) is 5.15 Å². The summed E-state index contributed by atoms with van der Waals surface area (Å²) in [5.41, 5.74) is -0.0807. The molecular formula is C11H10ClN3O2S. The second kappa shape index (κ2) is 5.32. The zero-order valence-corrected chi connectivity index (χ0v) is 11.0. The molecule has 7 heteroatoms. The van der Waals surface area contributed by atoms with Crippen LogP contribution < -0.4 is 5.32 Å². The minimum Gasteiger partial charge on any atom is -0.357 e. The molecule has 1 unspecified atom stereocenters. The summed E-state index contributed by atoms with van der Waals surface area (Å²) in [6, 6.07) is 6.57. The first-order chi connectivity index (χ1) is 8.58. The predicted octanol–water partition coefficient (Wildman–Crippen LogP) is 3.88. The molecule has 0 aliphatic rings. The number of hydrogen-bond donors (Lipinski definition) is 1. The van der Waals surface area contributed by atoms with E-state index in [1.807, 2.05) is 24.4 Å². The average Bonchev–Trinajstić information content (AvgIpc) is 2.81. The van der Waals surface area contributed by atoms with Crippen molar-refractivity contribution < 1.29 is 4.92 Å². The third-order valence-corrected chi connectivity index (χ3v) is 3.63. The second-order valence-corrected chi connectivity index (χ2v) is 5.01. The van der Waals surface area contributed by atoms with Gasteiger partial charge in [0.25, 0.3) is 0 Å². The zero-order chi connectivity index (χ0) is 13.1. The Morgan fingerprint density at radius 2 is 2.28 bits per heavy atom. The van der Waals surface area contributed by atoms with Crippen LogP contribution in [0.5, 0.6) is 0 Å². The van der Waals surface area contributed by atoms with Gasteiger partial charge in [0, 0.05) is 10.9 Å². The van der Waals surface area contributed by atoms with Gasteiger partial charge in [0.2, 0.25) is 5.82 Å². The second-order valence-electron chi connectivity index (χ2n) is 3.64. The highest BCUT2D eigenvalue weighted by molar-refractivity contribution is 7.10. The molecule has 18 heavy (non-hydrogen) atoms. The van der Waals surface area contributed by atoms with Crippen LogP contribution in [0.25, 0.3) is 0 Å². The summed E-state index contributed by atoms with van der Waals surface area (Å²) in [5.74, 6) is 0.188. The Morgan fingerprint density at radius 1 is 1.50 bits per heavy atom. The third-order valence-electron chi connectivity index (χ3n) is 2.36. The van der Waals surface area contributed by atoms with Crippen LogP contribution in [-0.4, -0.2) is 9.91 Å². The fraction of sp³-hybridized carbons (Fsp3) is 0.182. The Morgan fingerprint density at radius 3 is 2.89 bits per heavy atom. The van der Waals surface area contributed by atoms with Gasteiger partial charge in [0.15, 0.2) is 0 Å². The van der Waals surface area contributed by atoms with Crippen molar-refractivity contribution in [1.82, 2.24) is 4.98 Å². The van der Waals surface area contributed by atoms with Gasteiger partial charge >= 0.3 is 5.69 Å². The number of nitrogens with zero attached hydrogens (tertiary/aromatic N) is 2. The van der Waals surface area contributed by atoms with Gasteiger partial charge in [-0.3, -0.25) is 10.1 Å². The van der Waals surface area contributed by atoms with Crippen LogP contribution in [0.15, 0.2) is 29.6 Å². The van der Waals surface area contributed by atoms with Crippen molar-refractivity contribution in [3.8, 4) is 0 Å². The zero-order valence-electron chi connectivity index (χ0n) is 9.46. The molecule has 1 atom stereocenters. The van der Waals surface area contributed by atoms with Crippen molar-refractivity contribution in [2.75, 3.05) is 5.32 Å². The van der Waals surface area contributed by atoms with Gasteiger partial charge in [-0.2, -0.15) is 0 Å². The number of nitrogens with one attached hydrogen (secondary N) is 1. The summed E-state index contributed by atoms with van der Waals surface area (Å²) in [6.45, 7) is 1.91. The Labute approximate surface area is 113 Å². The molecule has 94 valence electrons. The van der Waals surface area contributed by atoms with Gasteiger partial charge < -0.3 is 5.32 Å². The van der Waals surface area contributed by atoms with Crippen LogP contribution in [0, 0.1) is 10.1 Å². The highest BCUT2D eigenvalue weighted by atomic mass is 35.5. The number of halogens is 1. The molecule has 0 saturated heterocycles. The Kier molecular flexibility index (Phi) is 3.78. The minimum absolute atomic E-state index is 0.0605. The molecule has 0 aromatic carbocycles. The van der Waals surface area contributed by atoms with E-state index in [-0.39, 0.29) is 22.7 Å². The maximum atomic E-state index is 10.9. The first-order valence-corrected chi connectivity index (χ1v) is 6.44. The lowest BCUT2D eigenvalue weighted by Gasteiger charge is -2.12. The molecule has 0 aliphatic heterocycles. The van der Waals surface area contributed by atoms with Crippen molar-refractivity contribution in [2.45, 2.75) is 13.0 Å². The van der Waals surface area contributed by atoms with E-state index in [1.165, 1.54) is 12.1 Å². The maximum absolute atomic E-state index is 10.9. The quantitative estimate of drug-likeness (QED) is 0.525. The lowest BCUT2D eigenvalue weighted by Crippen LogP contribution is -2.08.